The zero-order valence-electron chi connectivity index (χ0n) is 11.8. The highest BCUT2D eigenvalue weighted by atomic mass is 32.2. The molecule has 2 saturated heterocycles. The summed E-state index contributed by atoms with van der Waals surface area (Å²) in [4.78, 5) is 2.32. The third kappa shape index (κ3) is 3.28. The van der Waals surface area contributed by atoms with Gasteiger partial charge < -0.3 is 5.73 Å². The van der Waals surface area contributed by atoms with Crippen LogP contribution in [0.2, 0.25) is 0 Å². The van der Waals surface area contributed by atoms with Crippen molar-refractivity contribution in [1.82, 2.24) is 13.5 Å². The van der Waals surface area contributed by atoms with E-state index in [9.17, 15) is 8.42 Å². The van der Waals surface area contributed by atoms with Crippen molar-refractivity contribution in [3.8, 4) is 0 Å². The first-order valence-corrected chi connectivity index (χ1v) is 8.68. The van der Waals surface area contributed by atoms with Crippen molar-refractivity contribution in [3.05, 3.63) is 0 Å². The Labute approximate surface area is 116 Å². The van der Waals surface area contributed by atoms with Crippen LogP contribution in [0.15, 0.2) is 0 Å². The molecule has 0 aromatic heterocycles. The molecule has 2 fully saturated rings. The van der Waals surface area contributed by atoms with E-state index in [2.05, 4.69) is 11.8 Å². The molecule has 0 saturated carbocycles. The number of rotatable bonds is 5. The van der Waals surface area contributed by atoms with Gasteiger partial charge in [-0.1, -0.05) is 6.92 Å². The molecular formula is C12H26N4O2S. The normalized spacial score (nSPS) is 25.8. The number of nitrogens with two attached hydrogens (primary N) is 1. The van der Waals surface area contributed by atoms with Crippen LogP contribution in [0, 0.1) is 0 Å². The fourth-order valence-electron chi connectivity index (χ4n) is 2.96. The Balaban J connectivity index is 1.92. The second kappa shape index (κ2) is 6.49. The van der Waals surface area contributed by atoms with Crippen LogP contribution >= 0.6 is 0 Å². The topological polar surface area (TPSA) is 69.9 Å². The second-order valence-corrected chi connectivity index (χ2v) is 7.28. The lowest BCUT2D eigenvalue weighted by Crippen LogP contribution is -2.55. The molecular weight excluding hydrogens is 264 g/mol. The van der Waals surface area contributed by atoms with Crippen molar-refractivity contribution in [1.29, 1.82) is 0 Å². The van der Waals surface area contributed by atoms with Crippen LogP contribution in [0.5, 0.6) is 0 Å². The molecule has 0 radical (unpaired) electrons. The Hall–Kier alpha value is -0.210. The van der Waals surface area contributed by atoms with Gasteiger partial charge in [-0.15, -0.1) is 0 Å². The minimum atomic E-state index is -3.22. The van der Waals surface area contributed by atoms with Crippen molar-refractivity contribution in [2.75, 3.05) is 45.8 Å². The lowest BCUT2D eigenvalue weighted by atomic mass is 10.1. The molecule has 2 aliphatic rings. The first kappa shape index (κ1) is 15.2. The van der Waals surface area contributed by atoms with Crippen molar-refractivity contribution in [3.63, 3.8) is 0 Å². The summed E-state index contributed by atoms with van der Waals surface area (Å²) in [6.45, 7) is 6.92. The molecule has 112 valence electrons. The Kier molecular flexibility index (Phi) is 5.19. The highest BCUT2D eigenvalue weighted by Crippen LogP contribution is 2.19. The van der Waals surface area contributed by atoms with Gasteiger partial charge >= 0.3 is 0 Å². The molecule has 1 unspecified atom stereocenters. The highest BCUT2D eigenvalue weighted by molar-refractivity contribution is 7.86. The zero-order chi connectivity index (χ0) is 13.9. The van der Waals surface area contributed by atoms with Crippen LogP contribution in [0.3, 0.4) is 0 Å². The van der Waals surface area contributed by atoms with Gasteiger partial charge in [0.15, 0.2) is 0 Å². The minimum Gasteiger partial charge on any atom is -0.329 e. The number of nitrogens with zero attached hydrogens (tertiary/aromatic N) is 3. The second-order valence-electron chi connectivity index (χ2n) is 5.35. The Morgan fingerprint density at radius 2 is 1.53 bits per heavy atom. The monoisotopic (exact) mass is 290 g/mol. The van der Waals surface area contributed by atoms with Crippen molar-refractivity contribution < 1.29 is 8.42 Å². The van der Waals surface area contributed by atoms with Gasteiger partial charge in [0.05, 0.1) is 0 Å². The Morgan fingerprint density at radius 1 is 1.00 bits per heavy atom. The van der Waals surface area contributed by atoms with Crippen LogP contribution in [0.4, 0.5) is 0 Å². The quantitative estimate of drug-likeness (QED) is 0.753. The average molecular weight is 290 g/mol. The average Bonchev–Trinajstić information content (AvgIpc) is 2.95. The maximum Gasteiger partial charge on any atom is 0.282 e. The van der Waals surface area contributed by atoms with Crippen molar-refractivity contribution in [2.45, 2.75) is 32.2 Å². The summed E-state index contributed by atoms with van der Waals surface area (Å²) in [5, 5.41) is 0. The summed E-state index contributed by atoms with van der Waals surface area (Å²) in [7, 11) is -3.22. The summed E-state index contributed by atoms with van der Waals surface area (Å²) in [6, 6.07) is 0.386. The predicted molar refractivity (Wildman–Crippen MR) is 76.0 cm³/mol. The number of piperazine rings is 1. The molecule has 0 amide bonds. The van der Waals surface area contributed by atoms with E-state index in [0.29, 0.717) is 38.8 Å². The molecule has 0 bridgehead atoms. The summed E-state index contributed by atoms with van der Waals surface area (Å²) in [5.74, 6) is 0. The van der Waals surface area contributed by atoms with Gasteiger partial charge in [0.1, 0.15) is 0 Å². The summed E-state index contributed by atoms with van der Waals surface area (Å²) in [6.07, 6.45) is 3.00. The molecule has 6 nitrogen and oxygen atoms in total. The van der Waals surface area contributed by atoms with Gasteiger partial charge in [-0.3, -0.25) is 4.90 Å². The van der Waals surface area contributed by atoms with E-state index in [0.717, 1.165) is 32.4 Å². The standard InChI is InChI=1S/C12H26N4O2S/c1-2-12(11-13)14-7-9-16(10-8-14)19(17,18)15-5-3-4-6-15/h12H,2-11,13H2,1H3. The summed E-state index contributed by atoms with van der Waals surface area (Å²) >= 11 is 0. The van der Waals surface area contributed by atoms with E-state index in [4.69, 9.17) is 5.73 Å². The Bertz CT molecular complexity index is 369. The third-order valence-corrected chi connectivity index (χ3v) is 6.29. The SMILES string of the molecule is CCC(CN)N1CCN(S(=O)(=O)N2CCCC2)CC1. The first-order chi connectivity index (χ1) is 9.09. The molecule has 2 heterocycles. The summed E-state index contributed by atoms with van der Waals surface area (Å²) in [5.41, 5.74) is 5.75. The highest BCUT2D eigenvalue weighted by Gasteiger charge is 2.34. The van der Waals surface area contributed by atoms with Crippen LogP contribution in [-0.4, -0.2) is 73.8 Å². The van der Waals surface area contributed by atoms with Gasteiger partial charge in [-0.2, -0.15) is 17.0 Å². The lowest BCUT2D eigenvalue weighted by molar-refractivity contribution is 0.134. The molecule has 2 rings (SSSR count). The van der Waals surface area contributed by atoms with Gasteiger partial charge in [0.25, 0.3) is 10.2 Å². The van der Waals surface area contributed by atoms with Crippen LogP contribution in [-0.2, 0) is 10.2 Å². The van der Waals surface area contributed by atoms with Gasteiger partial charge in [0.2, 0.25) is 0 Å². The van der Waals surface area contributed by atoms with Crippen molar-refractivity contribution >= 4 is 10.2 Å². The largest absolute Gasteiger partial charge is 0.329 e. The van der Waals surface area contributed by atoms with Crippen molar-refractivity contribution in [2.24, 2.45) is 5.73 Å². The van der Waals surface area contributed by atoms with E-state index in [-0.39, 0.29) is 0 Å². The molecule has 7 heteroatoms. The molecule has 0 aromatic rings. The molecule has 2 N–H and O–H groups in total. The van der Waals surface area contributed by atoms with Crippen LogP contribution in [0.25, 0.3) is 0 Å². The van der Waals surface area contributed by atoms with Gasteiger partial charge in [-0.05, 0) is 19.3 Å². The third-order valence-electron chi connectivity index (χ3n) is 4.25. The van der Waals surface area contributed by atoms with Gasteiger partial charge in [-0.25, -0.2) is 0 Å². The molecule has 19 heavy (non-hydrogen) atoms. The maximum absolute atomic E-state index is 12.4. The Morgan fingerprint density at radius 3 is 2.00 bits per heavy atom. The predicted octanol–water partition coefficient (Wildman–Crippen LogP) is -0.318. The van der Waals surface area contributed by atoms with Gasteiger partial charge in [0, 0.05) is 51.9 Å². The van der Waals surface area contributed by atoms with E-state index in [1.54, 1.807) is 8.61 Å². The van der Waals surface area contributed by atoms with E-state index < -0.39 is 10.2 Å². The zero-order valence-corrected chi connectivity index (χ0v) is 12.6. The molecule has 0 aliphatic carbocycles. The van der Waals surface area contributed by atoms with Crippen LogP contribution < -0.4 is 5.73 Å². The smallest absolute Gasteiger partial charge is 0.282 e. The molecule has 1 atom stereocenters. The minimum absolute atomic E-state index is 0.386. The van der Waals surface area contributed by atoms with E-state index >= 15 is 0 Å². The number of hydrogen-bond donors (Lipinski definition) is 1. The fourth-order valence-corrected chi connectivity index (χ4v) is 4.63. The maximum atomic E-state index is 12.4. The number of hydrogen-bond acceptors (Lipinski definition) is 4. The van der Waals surface area contributed by atoms with E-state index in [1.165, 1.54) is 0 Å². The first-order valence-electron chi connectivity index (χ1n) is 7.29. The fraction of sp³-hybridized carbons (Fsp3) is 1.00. The van der Waals surface area contributed by atoms with E-state index in [1.807, 2.05) is 0 Å². The molecule has 2 aliphatic heterocycles. The molecule has 0 spiro atoms. The summed E-state index contributed by atoms with van der Waals surface area (Å²) < 4.78 is 28.1. The molecule has 0 aromatic carbocycles. The lowest BCUT2D eigenvalue weighted by Gasteiger charge is -2.39. The van der Waals surface area contributed by atoms with Crippen LogP contribution in [0.1, 0.15) is 26.2 Å².